The molecule has 0 aromatic heterocycles. The number of para-hydroxylation sites is 1. The Morgan fingerprint density at radius 1 is 1.13 bits per heavy atom. The molecule has 0 aliphatic rings. The predicted molar refractivity (Wildman–Crippen MR) is 64.6 cm³/mol. The van der Waals surface area contributed by atoms with Gasteiger partial charge in [0, 0.05) is 0 Å². The van der Waals surface area contributed by atoms with Gasteiger partial charge in [0.25, 0.3) is 0 Å². The van der Waals surface area contributed by atoms with Gasteiger partial charge in [0.15, 0.2) is 0 Å². The van der Waals surface area contributed by atoms with Crippen molar-refractivity contribution in [1.29, 1.82) is 0 Å². The zero-order valence-electron chi connectivity index (χ0n) is 9.49. The predicted octanol–water partition coefficient (Wildman–Crippen LogP) is 1.50. The van der Waals surface area contributed by atoms with E-state index in [0.29, 0.717) is 13.2 Å². The van der Waals surface area contributed by atoms with Crippen LogP contribution in [0.2, 0.25) is 0 Å². The van der Waals surface area contributed by atoms with E-state index in [1.807, 2.05) is 33.0 Å². The molecule has 0 heterocycles. The fourth-order valence-corrected chi connectivity index (χ4v) is 4.22. The van der Waals surface area contributed by atoms with Crippen molar-refractivity contribution in [3.63, 3.8) is 0 Å². The fourth-order valence-electron chi connectivity index (χ4n) is 1.26. The third-order valence-corrected chi connectivity index (χ3v) is 5.57. The van der Waals surface area contributed by atoms with Gasteiger partial charge in [0.1, 0.15) is 0 Å². The van der Waals surface area contributed by atoms with Crippen LogP contribution in [-0.2, 0) is 7.45 Å². The van der Waals surface area contributed by atoms with Crippen molar-refractivity contribution in [3.8, 4) is 0 Å². The topological polar surface area (TPSA) is 30.5 Å². The van der Waals surface area contributed by atoms with E-state index in [-0.39, 0.29) is 0 Å². The number of benzene rings is 1. The Balaban J connectivity index is 2.88. The molecule has 0 spiro atoms. The van der Waals surface area contributed by atoms with E-state index in [1.165, 1.54) is 4.35 Å². The molecule has 0 saturated carbocycles. The van der Waals surface area contributed by atoms with Crippen molar-refractivity contribution in [2.45, 2.75) is 13.8 Å². The molecule has 3 nitrogen and oxygen atoms in total. The molecule has 0 atom stereocenters. The van der Waals surface area contributed by atoms with Crippen molar-refractivity contribution in [2.24, 2.45) is 0 Å². The molecular formula is C11H18AsNO2. The summed E-state index contributed by atoms with van der Waals surface area (Å²) in [4.78, 5) is 0. The zero-order chi connectivity index (χ0) is 11.1. The summed E-state index contributed by atoms with van der Waals surface area (Å²) in [6.07, 6.45) is 0. The fraction of sp³-hybridized carbons (Fsp3) is 0.455. The van der Waals surface area contributed by atoms with Crippen molar-refractivity contribution in [2.75, 3.05) is 25.6 Å². The molecule has 1 aromatic rings. The standard InChI is InChI=1S/C11H18AsNO2/c1-4-14-12(15-5-2)10-8-6-7-9-11(10)13-3/h6-9,13H,4-5H2,1-3H3. The summed E-state index contributed by atoms with van der Waals surface area (Å²) in [5.74, 6) is 0. The molecule has 84 valence electrons. The van der Waals surface area contributed by atoms with E-state index in [0.717, 1.165) is 5.69 Å². The molecule has 0 unspecified atom stereocenters. The average molecular weight is 271 g/mol. The van der Waals surface area contributed by atoms with Crippen LogP contribution in [-0.4, -0.2) is 35.6 Å². The molecule has 0 fully saturated rings. The molecule has 0 radical (unpaired) electrons. The number of nitrogens with one attached hydrogen (secondary N) is 1. The monoisotopic (exact) mass is 271 g/mol. The minimum absolute atomic E-state index is 0.706. The van der Waals surface area contributed by atoms with E-state index in [9.17, 15) is 0 Å². The van der Waals surface area contributed by atoms with Crippen LogP contribution >= 0.6 is 0 Å². The normalized spacial score (nSPS) is 10.7. The third-order valence-electron chi connectivity index (χ3n) is 1.86. The Hall–Kier alpha value is -0.502. The molecule has 0 bridgehead atoms. The van der Waals surface area contributed by atoms with E-state index in [4.69, 9.17) is 7.45 Å². The molecule has 0 aliphatic heterocycles. The maximum absolute atomic E-state index is 5.69. The van der Waals surface area contributed by atoms with E-state index in [2.05, 4.69) is 17.4 Å². The van der Waals surface area contributed by atoms with Gasteiger partial charge in [-0.2, -0.15) is 0 Å². The minimum atomic E-state index is -1.78. The molecule has 1 aromatic carbocycles. The summed E-state index contributed by atoms with van der Waals surface area (Å²) in [7, 11) is 1.92. The van der Waals surface area contributed by atoms with Gasteiger partial charge in [-0.15, -0.1) is 0 Å². The molecule has 15 heavy (non-hydrogen) atoms. The van der Waals surface area contributed by atoms with Crippen LogP contribution in [0.4, 0.5) is 5.69 Å². The van der Waals surface area contributed by atoms with Crippen molar-refractivity contribution >= 4 is 25.4 Å². The van der Waals surface area contributed by atoms with Crippen LogP contribution in [0.25, 0.3) is 0 Å². The Kier molecular flexibility index (Phi) is 5.77. The summed E-state index contributed by atoms with van der Waals surface area (Å²) in [6, 6.07) is 8.17. The van der Waals surface area contributed by atoms with Crippen LogP contribution in [0, 0.1) is 0 Å². The summed E-state index contributed by atoms with van der Waals surface area (Å²) < 4.78 is 12.6. The summed E-state index contributed by atoms with van der Waals surface area (Å²) in [5, 5.41) is 3.17. The van der Waals surface area contributed by atoms with E-state index in [1.54, 1.807) is 0 Å². The summed E-state index contributed by atoms with van der Waals surface area (Å²) in [6.45, 7) is 5.42. The maximum atomic E-state index is 5.69. The molecule has 0 amide bonds. The molecule has 4 heteroatoms. The van der Waals surface area contributed by atoms with Gasteiger partial charge >= 0.3 is 96.5 Å². The third kappa shape index (κ3) is 3.53. The molecule has 0 saturated heterocycles. The number of hydrogen-bond acceptors (Lipinski definition) is 3. The Morgan fingerprint density at radius 3 is 2.27 bits per heavy atom. The Morgan fingerprint density at radius 2 is 1.73 bits per heavy atom. The SMILES string of the molecule is CCO[As](OCC)c1ccccc1NC. The summed E-state index contributed by atoms with van der Waals surface area (Å²) in [5.41, 5.74) is 1.11. The molecule has 1 N–H and O–H groups in total. The van der Waals surface area contributed by atoms with Gasteiger partial charge in [-0.1, -0.05) is 0 Å². The van der Waals surface area contributed by atoms with Crippen LogP contribution in [0.1, 0.15) is 13.8 Å². The first kappa shape index (κ1) is 12.6. The summed E-state index contributed by atoms with van der Waals surface area (Å²) >= 11 is -1.78. The molecule has 0 aliphatic carbocycles. The zero-order valence-corrected chi connectivity index (χ0v) is 11.4. The second kappa shape index (κ2) is 6.89. The Bertz CT molecular complexity index is 288. The molecular weight excluding hydrogens is 253 g/mol. The second-order valence-electron chi connectivity index (χ2n) is 2.86. The number of rotatable bonds is 6. The molecule has 1 rings (SSSR count). The quantitative estimate of drug-likeness (QED) is 0.795. The van der Waals surface area contributed by atoms with Gasteiger partial charge in [0.2, 0.25) is 0 Å². The van der Waals surface area contributed by atoms with Gasteiger partial charge in [0.05, 0.1) is 0 Å². The second-order valence-corrected chi connectivity index (χ2v) is 6.03. The first-order valence-corrected chi connectivity index (χ1v) is 7.63. The van der Waals surface area contributed by atoms with E-state index < -0.39 is 15.3 Å². The van der Waals surface area contributed by atoms with Gasteiger partial charge < -0.3 is 0 Å². The Labute approximate surface area is 96.7 Å². The number of hydrogen-bond donors (Lipinski definition) is 1. The van der Waals surface area contributed by atoms with Crippen LogP contribution in [0.5, 0.6) is 0 Å². The van der Waals surface area contributed by atoms with Crippen LogP contribution in [0.15, 0.2) is 24.3 Å². The average Bonchev–Trinajstić information content (AvgIpc) is 2.29. The van der Waals surface area contributed by atoms with E-state index >= 15 is 0 Å². The first-order valence-electron chi connectivity index (χ1n) is 5.16. The van der Waals surface area contributed by atoms with Crippen molar-refractivity contribution < 1.29 is 7.45 Å². The number of anilines is 1. The van der Waals surface area contributed by atoms with Gasteiger partial charge in [-0.25, -0.2) is 0 Å². The van der Waals surface area contributed by atoms with Crippen LogP contribution in [0.3, 0.4) is 0 Å². The first-order chi connectivity index (χ1) is 7.33. The van der Waals surface area contributed by atoms with Crippen LogP contribution < -0.4 is 9.67 Å². The van der Waals surface area contributed by atoms with Gasteiger partial charge in [-0.3, -0.25) is 0 Å². The van der Waals surface area contributed by atoms with Crippen molar-refractivity contribution in [3.05, 3.63) is 24.3 Å². The van der Waals surface area contributed by atoms with Gasteiger partial charge in [-0.05, 0) is 0 Å². The van der Waals surface area contributed by atoms with Crippen molar-refractivity contribution in [1.82, 2.24) is 0 Å².